The van der Waals surface area contributed by atoms with E-state index in [1.165, 1.54) is 11.8 Å². The number of anilines is 3. The van der Waals surface area contributed by atoms with E-state index in [9.17, 15) is 14.4 Å². The van der Waals surface area contributed by atoms with Gasteiger partial charge in [-0.15, -0.1) is 0 Å². The van der Waals surface area contributed by atoms with Gasteiger partial charge in [0.15, 0.2) is 0 Å². The molecule has 0 unspecified atom stereocenters. The molecule has 0 fully saturated rings. The number of hydrogen-bond acceptors (Lipinski definition) is 7. The van der Waals surface area contributed by atoms with E-state index in [0.717, 1.165) is 15.6 Å². The highest BCUT2D eigenvalue weighted by Gasteiger charge is 2.12. The molecule has 198 valence electrons. The molecular formula is C29H26BrN5O4. The van der Waals surface area contributed by atoms with E-state index in [1.54, 1.807) is 69.1 Å². The summed E-state index contributed by atoms with van der Waals surface area (Å²) in [5.41, 5.74) is 4.71. The molecule has 39 heavy (non-hydrogen) atoms. The maximum atomic E-state index is 12.8. The number of amides is 2. The van der Waals surface area contributed by atoms with Crippen molar-refractivity contribution in [2.45, 2.75) is 13.5 Å². The van der Waals surface area contributed by atoms with Crippen molar-refractivity contribution in [1.82, 2.24) is 14.9 Å². The number of nitrogens with zero attached hydrogens (tertiary/aromatic N) is 3. The standard InChI is InChI=1S/C29H26BrN5O4/c1-18(36)39-17-23-12-21(8-10-26(23)30)28(37)34-25-13-24(15-31-16-25)33-27-11-9-22(14-32-27)19-4-6-20(7-5-19)29(38)35(2)3/h4-16H,17H2,1-3H3,(H,32,33)(H,34,37). The molecule has 0 saturated carbocycles. The van der Waals surface area contributed by atoms with Crippen molar-refractivity contribution in [3.63, 3.8) is 0 Å². The number of pyridine rings is 2. The molecule has 4 aromatic rings. The van der Waals surface area contributed by atoms with Gasteiger partial charge >= 0.3 is 5.97 Å². The predicted octanol–water partition coefficient (Wildman–Crippen LogP) is 5.67. The number of carbonyl (C=O) groups excluding carboxylic acids is 3. The molecule has 9 nitrogen and oxygen atoms in total. The number of rotatable bonds is 8. The molecule has 0 aliphatic heterocycles. The van der Waals surface area contributed by atoms with E-state index in [1.807, 2.05) is 24.3 Å². The summed E-state index contributed by atoms with van der Waals surface area (Å²) in [7, 11) is 3.44. The molecule has 2 aromatic heterocycles. The second-order valence-electron chi connectivity index (χ2n) is 8.84. The summed E-state index contributed by atoms with van der Waals surface area (Å²) in [6.45, 7) is 1.39. The molecular weight excluding hydrogens is 562 g/mol. The Morgan fingerprint density at radius 2 is 1.56 bits per heavy atom. The van der Waals surface area contributed by atoms with Crippen LogP contribution in [0.1, 0.15) is 33.2 Å². The quantitative estimate of drug-likeness (QED) is 0.255. The van der Waals surface area contributed by atoms with Crippen LogP contribution in [-0.2, 0) is 16.1 Å². The summed E-state index contributed by atoms with van der Waals surface area (Å²) in [5, 5.41) is 6.02. The van der Waals surface area contributed by atoms with Crippen LogP contribution < -0.4 is 10.6 Å². The second kappa shape index (κ2) is 12.3. The Hall–Kier alpha value is -4.57. The van der Waals surface area contributed by atoms with Crippen LogP contribution in [0.3, 0.4) is 0 Å². The molecule has 0 bridgehead atoms. The fourth-order valence-corrected chi connectivity index (χ4v) is 4.00. The highest BCUT2D eigenvalue weighted by Crippen LogP contribution is 2.24. The summed E-state index contributed by atoms with van der Waals surface area (Å²) >= 11 is 3.41. The van der Waals surface area contributed by atoms with Gasteiger partial charge in [-0.1, -0.05) is 28.1 Å². The SMILES string of the molecule is CC(=O)OCc1cc(C(=O)Nc2cncc(Nc3ccc(-c4ccc(C(=O)N(C)C)cc4)cn3)c2)ccc1Br. The third kappa shape index (κ3) is 7.26. The van der Waals surface area contributed by atoms with E-state index >= 15 is 0 Å². The van der Waals surface area contributed by atoms with Gasteiger partial charge in [-0.05, 0) is 54.1 Å². The summed E-state index contributed by atoms with van der Waals surface area (Å²) in [5.74, 6) is -0.173. The van der Waals surface area contributed by atoms with Crippen molar-refractivity contribution in [1.29, 1.82) is 0 Å². The van der Waals surface area contributed by atoms with Gasteiger partial charge < -0.3 is 20.3 Å². The van der Waals surface area contributed by atoms with Crippen LogP contribution in [0.4, 0.5) is 17.2 Å². The Bertz CT molecular complexity index is 1510. The smallest absolute Gasteiger partial charge is 0.302 e. The summed E-state index contributed by atoms with van der Waals surface area (Å²) in [6, 6.07) is 18.0. The van der Waals surface area contributed by atoms with E-state index in [-0.39, 0.29) is 18.4 Å². The van der Waals surface area contributed by atoms with Crippen molar-refractivity contribution in [3.8, 4) is 11.1 Å². The molecule has 2 amide bonds. The number of halogens is 1. The molecule has 0 aliphatic carbocycles. The molecule has 0 saturated heterocycles. The minimum atomic E-state index is -0.400. The number of carbonyl (C=O) groups is 3. The van der Waals surface area contributed by atoms with Gasteiger partial charge in [0.1, 0.15) is 12.4 Å². The Morgan fingerprint density at radius 3 is 2.23 bits per heavy atom. The molecule has 4 rings (SSSR count). The molecule has 2 aromatic carbocycles. The fraction of sp³-hybridized carbons (Fsp3) is 0.138. The zero-order valence-corrected chi connectivity index (χ0v) is 23.2. The van der Waals surface area contributed by atoms with Crippen molar-refractivity contribution in [2.75, 3.05) is 24.7 Å². The van der Waals surface area contributed by atoms with Crippen LogP contribution in [0.5, 0.6) is 0 Å². The van der Waals surface area contributed by atoms with Gasteiger partial charge in [-0.2, -0.15) is 0 Å². The first kappa shape index (κ1) is 27.5. The molecule has 0 atom stereocenters. The van der Waals surface area contributed by atoms with Crippen LogP contribution >= 0.6 is 15.9 Å². The Kier molecular flexibility index (Phi) is 8.67. The Morgan fingerprint density at radius 1 is 0.872 bits per heavy atom. The summed E-state index contributed by atoms with van der Waals surface area (Å²) in [4.78, 5) is 46.3. The van der Waals surface area contributed by atoms with Crippen LogP contribution in [0, 0.1) is 0 Å². The zero-order chi connectivity index (χ0) is 27.9. The van der Waals surface area contributed by atoms with Crippen LogP contribution in [0.25, 0.3) is 11.1 Å². The number of ether oxygens (including phenoxy) is 1. The van der Waals surface area contributed by atoms with Crippen LogP contribution in [0.15, 0.2) is 83.7 Å². The highest BCUT2D eigenvalue weighted by molar-refractivity contribution is 9.10. The van der Waals surface area contributed by atoms with E-state index in [2.05, 4.69) is 36.5 Å². The van der Waals surface area contributed by atoms with Gasteiger partial charge in [0, 0.05) is 53.9 Å². The predicted molar refractivity (Wildman–Crippen MR) is 153 cm³/mol. The van der Waals surface area contributed by atoms with Crippen molar-refractivity contribution >= 4 is 50.9 Å². The highest BCUT2D eigenvalue weighted by atomic mass is 79.9. The number of esters is 1. The maximum absolute atomic E-state index is 12.8. The third-order valence-corrected chi connectivity index (χ3v) is 6.42. The number of nitrogens with one attached hydrogen (secondary N) is 2. The Balaban J connectivity index is 1.41. The number of benzene rings is 2. The molecule has 0 radical (unpaired) electrons. The molecule has 2 heterocycles. The lowest BCUT2D eigenvalue weighted by molar-refractivity contribution is -0.142. The lowest BCUT2D eigenvalue weighted by atomic mass is 10.1. The van der Waals surface area contributed by atoms with Gasteiger partial charge in [-0.25, -0.2) is 4.98 Å². The summed E-state index contributed by atoms with van der Waals surface area (Å²) < 4.78 is 5.79. The van der Waals surface area contributed by atoms with Crippen molar-refractivity contribution in [3.05, 3.63) is 100 Å². The monoisotopic (exact) mass is 587 g/mol. The van der Waals surface area contributed by atoms with Gasteiger partial charge in [-0.3, -0.25) is 19.4 Å². The third-order valence-electron chi connectivity index (χ3n) is 5.64. The minimum Gasteiger partial charge on any atom is -0.461 e. The Labute approximate surface area is 234 Å². The zero-order valence-electron chi connectivity index (χ0n) is 21.6. The van der Waals surface area contributed by atoms with Crippen LogP contribution in [-0.4, -0.2) is 46.7 Å². The first-order chi connectivity index (χ1) is 18.7. The average molecular weight is 588 g/mol. The van der Waals surface area contributed by atoms with E-state index in [0.29, 0.717) is 33.9 Å². The maximum Gasteiger partial charge on any atom is 0.302 e. The largest absolute Gasteiger partial charge is 0.461 e. The first-order valence-electron chi connectivity index (χ1n) is 11.9. The average Bonchev–Trinajstić information content (AvgIpc) is 2.92. The molecule has 0 spiro atoms. The normalized spacial score (nSPS) is 10.5. The molecule has 10 heteroatoms. The second-order valence-corrected chi connectivity index (χ2v) is 9.69. The van der Waals surface area contributed by atoms with Crippen molar-refractivity contribution in [2.24, 2.45) is 0 Å². The fourth-order valence-electron chi connectivity index (χ4n) is 3.64. The number of aromatic nitrogens is 2. The topological polar surface area (TPSA) is 114 Å². The lowest BCUT2D eigenvalue weighted by Crippen LogP contribution is -2.21. The first-order valence-corrected chi connectivity index (χ1v) is 12.7. The lowest BCUT2D eigenvalue weighted by Gasteiger charge is -2.11. The summed E-state index contributed by atoms with van der Waals surface area (Å²) in [6.07, 6.45) is 4.91. The van der Waals surface area contributed by atoms with Gasteiger partial charge in [0.25, 0.3) is 11.8 Å². The van der Waals surface area contributed by atoms with E-state index in [4.69, 9.17) is 4.74 Å². The van der Waals surface area contributed by atoms with Gasteiger partial charge in [0.05, 0.1) is 23.8 Å². The van der Waals surface area contributed by atoms with Gasteiger partial charge in [0.2, 0.25) is 0 Å². The van der Waals surface area contributed by atoms with E-state index < -0.39 is 5.97 Å². The van der Waals surface area contributed by atoms with Crippen molar-refractivity contribution < 1.29 is 19.1 Å². The molecule has 2 N–H and O–H groups in total. The van der Waals surface area contributed by atoms with Crippen LogP contribution in [0.2, 0.25) is 0 Å². The minimum absolute atomic E-state index is 0.0490. The number of hydrogen-bond donors (Lipinski definition) is 2. The molecule has 0 aliphatic rings.